The van der Waals surface area contributed by atoms with E-state index in [2.05, 4.69) is 24.5 Å². The maximum absolute atomic E-state index is 13.3. The third kappa shape index (κ3) is 9.57. The van der Waals surface area contributed by atoms with Crippen LogP contribution in [0.25, 0.3) is 0 Å². The first-order chi connectivity index (χ1) is 23.7. The molecule has 2 unspecified atom stereocenters. The zero-order valence-corrected chi connectivity index (χ0v) is 35.0. The molecular weight excluding hydrogens is 684 g/mol. The molecule has 2 saturated carbocycles. The molecule has 0 aromatic heterocycles. The zero-order chi connectivity index (χ0) is 41.2. The molecule has 2 saturated heterocycles. The molecule has 53 heavy (non-hydrogen) atoms. The van der Waals surface area contributed by atoms with Crippen LogP contribution in [0.4, 0.5) is 9.59 Å². The van der Waals surface area contributed by atoms with Gasteiger partial charge in [0.05, 0.1) is 7.11 Å². The number of nitrogens with one attached hydrogen (secondary N) is 2. The third-order valence-electron chi connectivity index (χ3n) is 11.2. The van der Waals surface area contributed by atoms with E-state index < -0.39 is 70.3 Å². The molecule has 3 N–H and O–H groups in total. The molecule has 4 fully saturated rings. The van der Waals surface area contributed by atoms with Crippen molar-refractivity contribution in [3.05, 3.63) is 0 Å². The van der Waals surface area contributed by atoms with E-state index in [0.29, 0.717) is 13.1 Å². The molecule has 0 aromatic rings. The Morgan fingerprint density at radius 2 is 0.943 bits per heavy atom. The summed E-state index contributed by atoms with van der Waals surface area (Å²) in [5.74, 6) is -1.50. The second kappa shape index (κ2) is 14.2. The Hall–Kier alpha value is -3.58. The number of carboxylic acid groups (broad SMARTS) is 1. The molecule has 0 spiro atoms. The van der Waals surface area contributed by atoms with Gasteiger partial charge in [0.2, 0.25) is 11.8 Å². The maximum Gasteiger partial charge on any atom is 0.408 e. The van der Waals surface area contributed by atoms with Gasteiger partial charge in [-0.2, -0.15) is 0 Å². The van der Waals surface area contributed by atoms with E-state index in [9.17, 15) is 33.9 Å². The van der Waals surface area contributed by atoms with Crippen LogP contribution in [0.1, 0.15) is 111 Å². The highest BCUT2D eigenvalue weighted by Crippen LogP contribution is 2.66. The minimum Gasteiger partial charge on any atom is -0.480 e. The number of esters is 1. The number of rotatable bonds is 6. The summed E-state index contributed by atoms with van der Waals surface area (Å²) in [4.78, 5) is 78.3. The molecule has 14 nitrogen and oxygen atoms in total. The number of amides is 4. The number of piperidine rings is 2. The Morgan fingerprint density at radius 1 is 0.623 bits per heavy atom. The number of nitrogens with zero attached hydrogens (tertiary/aromatic N) is 2. The lowest BCUT2D eigenvalue weighted by Crippen LogP contribution is -2.58. The van der Waals surface area contributed by atoms with Crippen molar-refractivity contribution in [3.8, 4) is 0 Å². The average molecular weight is 751 g/mol. The maximum atomic E-state index is 13.3. The number of alkyl carbamates (subject to hydrolysis) is 2. The summed E-state index contributed by atoms with van der Waals surface area (Å²) in [5, 5.41) is 15.0. The van der Waals surface area contributed by atoms with E-state index in [0.717, 1.165) is 0 Å². The summed E-state index contributed by atoms with van der Waals surface area (Å²) in [7, 11) is 1.34. The number of hydrogen-bond donors (Lipinski definition) is 3. The fourth-order valence-corrected chi connectivity index (χ4v) is 8.18. The fourth-order valence-electron chi connectivity index (χ4n) is 8.18. The molecule has 4 rings (SSSR count). The first kappa shape index (κ1) is 43.8. The molecular formula is C39H66N4O10. The highest BCUT2D eigenvalue weighted by Gasteiger charge is 2.71. The number of carbonyl (C=O) groups excluding carboxylic acids is 5. The van der Waals surface area contributed by atoms with Gasteiger partial charge in [-0.1, -0.05) is 69.2 Å². The summed E-state index contributed by atoms with van der Waals surface area (Å²) in [5.41, 5.74) is -2.51. The van der Waals surface area contributed by atoms with Crippen molar-refractivity contribution in [1.29, 1.82) is 0 Å². The lowest BCUT2D eigenvalue weighted by molar-refractivity contribution is -0.154. The van der Waals surface area contributed by atoms with Gasteiger partial charge in [-0.3, -0.25) is 9.59 Å². The van der Waals surface area contributed by atoms with Crippen molar-refractivity contribution in [2.45, 2.75) is 146 Å². The number of fused-ring (bicyclic) bond motifs is 2. The van der Waals surface area contributed by atoms with Crippen molar-refractivity contribution in [2.75, 3.05) is 20.2 Å². The van der Waals surface area contributed by atoms with Gasteiger partial charge in [0.15, 0.2) is 0 Å². The Bertz CT molecular complexity index is 1460. The summed E-state index contributed by atoms with van der Waals surface area (Å²) < 4.78 is 15.6. The summed E-state index contributed by atoms with van der Waals surface area (Å²) in [6.45, 7) is 30.9. The topological polar surface area (TPSA) is 181 Å². The summed E-state index contributed by atoms with van der Waals surface area (Å²) in [6.07, 6.45) is -1.32. The van der Waals surface area contributed by atoms with E-state index in [4.69, 9.17) is 14.2 Å². The van der Waals surface area contributed by atoms with Crippen molar-refractivity contribution in [1.82, 2.24) is 20.4 Å². The van der Waals surface area contributed by atoms with Crippen LogP contribution in [0.3, 0.4) is 0 Å². The van der Waals surface area contributed by atoms with Gasteiger partial charge in [0.1, 0.15) is 35.4 Å². The smallest absolute Gasteiger partial charge is 0.408 e. The van der Waals surface area contributed by atoms with Gasteiger partial charge in [0, 0.05) is 24.9 Å². The minimum absolute atomic E-state index is 0.0193. The normalized spacial score (nSPS) is 27.8. The Morgan fingerprint density at radius 3 is 1.23 bits per heavy atom. The minimum atomic E-state index is -0.985. The molecule has 4 aliphatic rings. The van der Waals surface area contributed by atoms with Crippen LogP contribution in [0.15, 0.2) is 0 Å². The van der Waals surface area contributed by atoms with Gasteiger partial charge in [0.25, 0.3) is 0 Å². The standard InChI is InChI=1S/C20H34N2O5.C19H32N2O5/c1-18(2,3)14(21-17(25)27-19(4,5)6)15(23)22-10-11-12(20(11,7)8)13(22)16(24)26-9;1-17(2,3)13(20-16(25)26-18(4,5)6)14(22)21-9-10-11(19(10,7)8)12(21)15(23)24/h11-14H,10H2,1-9H3,(H,21,25);10-13H,9H2,1-8H3,(H,20,25)(H,23,24)/t11?,12-,13-,14+;10?,11-,12-,13+/m00/s1. The third-order valence-corrected chi connectivity index (χ3v) is 11.2. The van der Waals surface area contributed by atoms with Crippen LogP contribution in [-0.4, -0.2) is 106 Å². The van der Waals surface area contributed by atoms with E-state index in [1.165, 1.54) is 12.0 Å². The number of methoxy groups -OCH3 is 1. The van der Waals surface area contributed by atoms with Crippen molar-refractivity contribution in [3.63, 3.8) is 0 Å². The van der Waals surface area contributed by atoms with Gasteiger partial charge in [-0.15, -0.1) is 0 Å². The van der Waals surface area contributed by atoms with Crippen LogP contribution >= 0.6 is 0 Å². The average Bonchev–Trinajstić information content (AvgIpc) is 3.45. The molecule has 2 aliphatic heterocycles. The molecule has 8 atom stereocenters. The molecule has 2 heterocycles. The highest BCUT2D eigenvalue weighted by atomic mass is 16.6. The van der Waals surface area contributed by atoms with Gasteiger partial charge in [-0.25, -0.2) is 19.2 Å². The molecule has 0 aromatic carbocycles. The zero-order valence-electron chi connectivity index (χ0n) is 35.0. The van der Waals surface area contributed by atoms with Gasteiger partial charge in [-0.05, 0) is 75.0 Å². The monoisotopic (exact) mass is 750 g/mol. The Labute approximate surface area is 315 Å². The lowest BCUT2D eigenvalue weighted by atomic mass is 9.85. The van der Waals surface area contributed by atoms with Gasteiger partial charge < -0.3 is 39.8 Å². The number of ether oxygens (including phenoxy) is 3. The lowest BCUT2D eigenvalue weighted by Gasteiger charge is -2.37. The molecule has 302 valence electrons. The van der Waals surface area contributed by atoms with E-state index >= 15 is 0 Å². The number of carbonyl (C=O) groups is 6. The predicted octanol–water partition coefficient (Wildman–Crippen LogP) is 5.08. The van der Waals surface area contributed by atoms with E-state index in [1.807, 2.05) is 55.4 Å². The second-order valence-electron chi connectivity index (χ2n) is 20.5. The van der Waals surface area contributed by atoms with Crippen LogP contribution in [0.2, 0.25) is 0 Å². The van der Waals surface area contributed by atoms with Gasteiger partial charge >= 0.3 is 24.1 Å². The van der Waals surface area contributed by atoms with Crippen molar-refractivity contribution < 1.29 is 48.1 Å². The van der Waals surface area contributed by atoms with Crippen molar-refractivity contribution in [2.24, 2.45) is 45.3 Å². The summed E-state index contributed by atoms with van der Waals surface area (Å²) >= 11 is 0. The Balaban J connectivity index is 0.000000286. The molecule has 4 amide bonds. The largest absolute Gasteiger partial charge is 0.480 e. The second-order valence-corrected chi connectivity index (χ2v) is 20.5. The number of hydrogen-bond acceptors (Lipinski definition) is 9. The Kier molecular flexibility index (Phi) is 11.8. The SMILES string of the molecule is CC(C)(C)OC(=O)N[C@H](C(=O)N1CC2[C@@H]([C@H]1C(=O)O)C2(C)C)C(C)(C)C.COC(=O)[C@@H]1[C@@H]2C(CN1C(=O)[C@@H](NC(=O)OC(C)(C)C)C(C)(C)C)C2(C)C. The fraction of sp³-hybridized carbons (Fsp3) is 0.846. The first-order valence-electron chi connectivity index (χ1n) is 18.6. The number of carboxylic acids is 1. The quantitative estimate of drug-likeness (QED) is 0.245. The summed E-state index contributed by atoms with van der Waals surface area (Å²) in [6, 6.07) is -3.11. The van der Waals surface area contributed by atoms with Crippen LogP contribution < -0.4 is 10.6 Å². The predicted molar refractivity (Wildman–Crippen MR) is 197 cm³/mol. The highest BCUT2D eigenvalue weighted by molar-refractivity contribution is 5.92. The molecule has 2 aliphatic carbocycles. The molecule has 0 radical (unpaired) electrons. The van der Waals surface area contributed by atoms with E-state index in [-0.39, 0.29) is 46.3 Å². The van der Waals surface area contributed by atoms with Crippen LogP contribution in [0, 0.1) is 45.3 Å². The van der Waals surface area contributed by atoms with E-state index in [1.54, 1.807) is 46.4 Å². The van der Waals surface area contributed by atoms with Crippen molar-refractivity contribution >= 4 is 35.9 Å². The van der Waals surface area contributed by atoms with Crippen LogP contribution in [-0.2, 0) is 33.4 Å². The molecule has 0 bridgehead atoms. The first-order valence-corrected chi connectivity index (χ1v) is 18.6. The molecule has 14 heteroatoms. The number of aliphatic carboxylic acids is 1. The van der Waals surface area contributed by atoms with Crippen LogP contribution in [0.5, 0.6) is 0 Å². The number of likely N-dealkylation sites (tertiary alicyclic amines) is 2.